The third-order valence-corrected chi connectivity index (χ3v) is 4.70. The first-order valence-corrected chi connectivity index (χ1v) is 8.08. The predicted molar refractivity (Wildman–Crippen MR) is 96.1 cm³/mol. The van der Waals surface area contributed by atoms with Crippen molar-refractivity contribution in [2.75, 3.05) is 17.7 Å². The second-order valence-corrected chi connectivity index (χ2v) is 6.67. The van der Waals surface area contributed by atoms with E-state index in [1.165, 1.54) is 24.5 Å². The number of ether oxygens (including phenoxy) is 1. The average Bonchev–Trinajstić information content (AvgIpc) is 2.76. The molecule has 7 heteroatoms. The van der Waals surface area contributed by atoms with E-state index >= 15 is 0 Å². The van der Waals surface area contributed by atoms with Crippen LogP contribution in [0.4, 0.5) is 15.1 Å². The summed E-state index contributed by atoms with van der Waals surface area (Å²) in [5.74, 6) is -0.828. The number of methoxy groups -OCH3 is 1. The molecule has 122 valence electrons. The molecule has 2 N–H and O–H groups in total. The molecule has 0 spiro atoms. The molecule has 4 nitrogen and oxygen atoms in total. The molecule has 0 aliphatic carbocycles. The monoisotopic (exact) mass is 352 g/mol. The van der Waals surface area contributed by atoms with Gasteiger partial charge < -0.3 is 15.4 Å². The van der Waals surface area contributed by atoms with Gasteiger partial charge in [0.1, 0.15) is 10.8 Å². The predicted octanol–water partition coefficient (Wildman–Crippen LogP) is 4.41. The Bertz CT molecular complexity index is 772. The van der Waals surface area contributed by atoms with Crippen LogP contribution in [0, 0.1) is 26.6 Å². The van der Waals surface area contributed by atoms with Crippen molar-refractivity contribution in [3.63, 3.8) is 0 Å². The zero-order chi connectivity index (χ0) is 17.1. The second-order valence-electron chi connectivity index (χ2n) is 5.04. The topological polar surface area (TPSA) is 50.4 Å². The fourth-order valence-electron chi connectivity index (χ4n) is 2.05. The number of thiophene rings is 1. The maximum atomic E-state index is 13.8. The lowest BCUT2D eigenvalue weighted by molar-refractivity contribution is 0.0601. The van der Waals surface area contributed by atoms with Crippen LogP contribution in [0.15, 0.2) is 18.2 Å². The van der Waals surface area contributed by atoms with Gasteiger partial charge in [-0.25, -0.2) is 9.18 Å². The van der Waals surface area contributed by atoms with E-state index in [1.807, 2.05) is 20.8 Å². The fraction of sp³-hybridized carbons (Fsp3) is 0.250. The zero-order valence-electron chi connectivity index (χ0n) is 13.2. The highest BCUT2D eigenvalue weighted by Crippen LogP contribution is 2.33. The van der Waals surface area contributed by atoms with Gasteiger partial charge in [-0.3, -0.25) is 0 Å². The van der Waals surface area contributed by atoms with E-state index in [9.17, 15) is 9.18 Å². The van der Waals surface area contributed by atoms with Gasteiger partial charge in [0, 0.05) is 4.88 Å². The van der Waals surface area contributed by atoms with Crippen molar-refractivity contribution in [3.8, 4) is 0 Å². The number of carbonyl (C=O) groups is 1. The van der Waals surface area contributed by atoms with Crippen LogP contribution in [0.2, 0.25) is 0 Å². The van der Waals surface area contributed by atoms with Gasteiger partial charge in [0.05, 0.1) is 18.4 Å². The minimum Gasteiger partial charge on any atom is -0.465 e. The molecule has 0 radical (unpaired) electrons. The summed E-state index contributed by atoms with van der Waals surface area (Å²) >= 11 is 6.62. The van der Waals surface area contributed by atoms with Gasteiger partial charge in [-0.05, 0) is 56.2 Å². The van der Waals surface area contributed by atoms with Crippen LogP contribution in [0.1, 0.15) is 26.4 Å². The number of carbonyl (C=O) groups excluding carboxylic acids is 1. The first-order valence-electron chi connectivity index (χ1n) is 6.86. The van der Waals surface area contributed by atoms with E-state index in [0.717, 1.165) is 16.0 Å². The summed E-state index contributed by atoms with van der Waals surface area (Å²) in [7, 11) is 1.33. The van der Waals surface area contributed by atoms with Crippen molar-refractivity contribution < 1.29 is 13.9 Å². The summed E-state index contributed by atoms with van der Waals surface area (Å²) < 4.78 is 18.6. The minimum absolute atomic E-state index is 0.209. The molecule has 0 bridgehead atoms. The molecule has 0 atom stereocenters. The van der Waals surface area contributed by atoms with E-state index in [1.54, 1.807) is 12.1 Å². The maximum Gasteiger partial charge on any atom is 0.341 e. The molecule has 0 fully saturated rings. The van der Waals surface area contributed by atoms with E-state index in [0.29, 0.717) is 10.6 Å². The van der Waals surface area contributed by atoms with Gasteiger partial charge in [0.2, 0.25) is 0 Å². The lowest BCUT2D eigenvalue weighted by Gasteiger charge is -2.12. The number of anilines is 2. The standard InChI is InChI=1S/C16H17FN2O2S2/c1-8-5-6-11(17)12(7-8)18-16(22)19-14-13(15(20)21-4)9(2)10(3)23-14/h5-7H,1-4H3,(H2,18,19,22). The molecule has 1 heterocycles. The molecule has 1 aromatic heterocycles. The quantitative estimate of drug-likeness (QED) is 0.633. The number of hydrogen-bond donors (Lipinski definition) is 2. The van der Waals surface area contributed by atoms with Crippen molar-refractivity contribution in [2.24, 2.45) is 0 Å². The average molecular weight is 352 g/mol. The molecule has 23 heavy (non-hydrogen) atoms. The fourth-order valence-corrected chi connectivity index (χ4v) is 3.38. The van der Waals surface area contributed by atoms with Crippen LogP contribution < -0.4 is 10.6 Å². The maximum absolute atomic E-state index is 13.8. The Morgan fingerprint density at radius 2 is 1.96 bits per heavy atom. The first-order chi connectivity index (χ1) is 10.8. The molecular formula is C16H17FN2O2S2. The number of esters is 1. The summed E-state index contributed by atoms with van der Waals surface area (Å²) in [6, 6.07) is 4.72. The largest absolute Gasteiger partial charge is 0.465 e. The molecule has 1 aromatic carbocycles. The molecule has 0 unspecified atom stereocenters. The molecule has 0 saturated carbocycles. The van der Waals surface area contributed by atoms with Gasteiger partial charge in [0.25, 0.3) is 0 Å². The highest BCUT2D eigenvalue weighted by molar-refractivity contribution is 7.80. The Morgan fingerprint density at radius 1 is 1.26 bits per heavy atom. The smallest absolute Gasteiger partial charge is 0.341 e. The second kappa shape index (κ2) is 7.06. The number of nitrogens with one attached hydrogen (secondary N) is 2. The summed E-state index contributed by atoms with van der Waals surface area (Å²) in [5.41, 5.74) is 2.49. The molecule has 0 saturated heterocycles. The van der Waals surface area contributed by atoms with Crippen LogP contribution in [0.3, 0.4) is 0 Å². The van der Waals surface area contributed by atoms with Crippen LogP contribution in [-0.2, 0) is 4.74 Å². The number of thiocarbonyl (C=S) groups is 1. The van der Waals surface area contributed by atoms with Gasteiger partial charge in [-0.2, -0.15) is 0 Å². The number of rotatable bonds is 3. The van der Waals surface area contributed by atoms with Gasteiger partial charge in [-0.1, -0.05) is 6.07 Å². The van der Waals surface area contributed by atoms with Crippen LogP contribution in [0.25, 0.3) is 0 Å². The molecule has 2 aromatic rings. The number of halogens is 1. The molecule has 0 aliphatic rings. The van der Waals surface area contributed by atoms with E-state index < -0.39 is 11.8 Å². The van der Waals surface area contributed by atoms with Crippen molar-refractivity contribution >= 4 is 45.3 Å². The van der Waals surface area contributed by atoms with Crippen LogP contribution in [-0.4, -0.2) is 18.2 Å². The lowest BCUT2D eigenvalue weighted by atomic mass is 10.1. The van der Waals surface area contributed by atoms with E-state index in [4.69, 9.17) is 17.0 Å². The van der Waals surface area contributed by atoms with Crippen LogP contribution >= 0.6 is 23.6 Å². The van der Waals surface area contributed by atoms with E-state index in [-0.39, 0.29) is 10.8 Å². The molecule has 0 aliphatic heterocycles. The first kappa shape index (κ1) is 17.4. The summed E-state index contributed by atoms with van der Waals surface area (Å²) in [4.78, 5) is 12.9. The van der Waals surface area contributed by atoms with E-state index in [2.05, 4.69) is 10.6 Å². The van der Waals surface area contributed by atoms with Crippen molar-refractivity contribution in [1.29, 1.82) is 0 Å². The number of hydrogen-bond acceptors (Lipinski definition) is 4. The zero-order valence-corrected chi connectivity index (χ0v) is 14.9. The van der Waals surface area contributed by atoms with Crippen LogP contribution in [0.5, 0.6) is 0 Å². The Hall–Kier alpha value is -1.99. The normalized spacial score (nSPS) is 10.3. The number of benzene rings is 1. The summed E-state index contributed by atoms with van der Waals surface area (Å²) in [6.45, 7) is 5.62. The van der Waals surface area contributed by atoms with Crippen molar-refractivity contribution in [1.82, 2.24) is 0 Å². The number of aryl methyl sites for hydroxylation is 2. The van der Waals surface area contributed by atoms with Crippen molar-refractivity contribution in [2.45, 2.75) is 20.8 Å². The molecular weight excluding hydrogens is 335 g/mol. The van der Waals surface area contributed by atoms with Crippen molar-refractivity contribution in [3.05, 3.63) is 45.6 Å². The van der Waals surface area contributed by atoms with Gasteiger partial charge >= 0.3 is 5.97 Å². The highest BCUT2D eigenvalue weighted by Gasteiger charge is 2.21. The Labute approximate surface area is 143 Å². The molecule has 0 amide bonds. The van der Waals surface area contributed by atoms with Gasteiger partial charge in [0.15, 0.2) is 5.11 Å². The van der Waals surface area contributed by atoms with Gasteiger partial charge in [-0.15, -0.1) is 11.3 Å². The molecule has 2 rings (SSSR count). The third-order valence-electron chi connectivity index (χ3n) is 3.37. The Balaban J connectivity index is 2.22. The Kier molecular flexibility index (Phi) is 5.33. The Morgan fingerprint density at radius 3 is 2.61 bits per heavy atom. The SMILES string of the molecule is COC(=O)c1c(NC(=S)Nc2cc(C)ccc2F)sc(C)c1C. The highest BCUT2D eigenvalue weighted by atomic mass is 32.1. The summed E-state index contributed by atoms with van der Waals surface area (Å²) in [5, 5.41) is 6.56. The third kappa shape index (κ3) is 3.86. The minimum atomic E-state index is -0.432. The lowest BCUT2D eigenvalue weighted by Crippen LogP contribution is -2.20. The summed E-state index contributed by atoms with van der Waals surface area (Å²) in [6.07, 6.45) is 0.